The molecule has 2 rings (SSSR count). The zero-order valence-electron chi connectivity index (χ0n) is 11.2. The molecule has 1 heterocycles. The lowest BCUT2D eigenvalue weighted by Crippen LogP contribution is -2.40. The molecule has 1 amide bonds. The highest BCUT2D eigenvalue weighted by Gasteiger charge is 2.18. The fraction of sp³-hybridized carbons (Fsp3) is 0.467. The molecular weight excluding hydrogens is 242 g/mol. The van der Waals surface area contributed by atoms with Gasteiger partial charge in [0.05, 0.1) is 13.2 Å². The van der Waals surface area contributed by atoms with Crippen molar-refractivity contribution >= 4 is 11.7 Å². The lowest BCUT2D eigenvalue weighted by atomic mass is 10.0. The van der Waals surface area contributed by atoms with Crippen LogP contribution in [0.1, 0.15) is 40.5 Å². The maximum absolute atomic E-state index is 12.2. The van der Waals surface area contributed by atoms with E-state index in [9.17, 15) is 9.59 Å². The monoisotopic (exact) mass is 261 g/mol. The molecule has 1 aliphatic rings. The number of hydrogen-bond acceptors (Lipinski definition) is 3. The van der Waals surface area contributed by atoms with Gasteiger partial charge in [0, 0.05) is 30.6 Å². The molecule has 0 bridgehead atoms. The van der Waals surface area contributed by atoms with E-state index in [4.69, 9.17) is 4.74 Å². The number of amides is 1. The minimum Gasteiger partial charge on any atom is -0.378 e. The molecular formula is C15H19NO3. The van der Waals surface area contributed by atoms with E-state index in [1.165, 1.54) is 0 Å². The number of hydrogen-bond donors (Lipinski definition) is 0. The van der Waals surface area contributed by atoms with Gasteiger partial charge >= 0.3 is 0 Å². The van der Waals surface area contributed by atoms with Crippen LogP contribution in [0.3, 0.4) is 0 Å². The minimum absolute atomic E-state index is 0.0118. The van der Waals surface area contributed by atoms with Crippen LogP contribution in [0, 0.1) is 0 Å². The molecule has 1 aromatic rings. The second-order valence-electron chi connectivity index (χ2n) is 4.66. The highest BCUT2D eigenvalue weighted by Crippen LogP contribution is 2.11. The lowest BCUT2D eigenvalue weighted by molar-refractivity contribution is 0.0303. The maximum atomic E-state index is 12.2. The van der Waals surface area contributed by atoms with Crippen LogP contribution in [-0.4, -0.2) is 42.9 Å². The number of Topliss-reactive ketones (excluding diaryl/α,β-unsaturated/α-hetero) is 1. The van der Waals surface area contributed by atoms with Crippen molar-refractivity contribution in [2.24, 2.45) is 0 Å². The summed E-state index contributed by atoms with van der Waals surface area (Å²) in [6.45, 7) is 4.44. The first-order valence-corrected chi connectivity index (χ1v) is 6.72. The Morgan fingerprint density at radius 3 is 2.26 bits per heavy atom. The molecule has 0 aliphatic carbocycles. The first-order valence-electron chi connectivity index (χ1n) is 6.72. The van der Waals surface area contributed by atoms with Gasteiger partial charge in [-0.05, 0) is 18.6 Å². The molecule has 0 spiro atoms. The van der Waals surface area contributed by atoms with Gasteiger partial charge in [0.1, 0.15) is 0 Å². The van der Waals surface area contributed by atoms with Crippen molar-refractivity contribution in [3.8, 4) is 0 Å². The Hall–Kier alpha value is -1.68. The summed E-state index contributed by atoms with van der Waals surface area (Å²) >= 11 is 0. The Morgan fingerprint density at radius 1 is 1.11 bits per heavy atom. The quantitative estimate of drug-likeness (QED) is 0.780. The van der Waals surface area contributed by atoms with Crippen molar-refractivity contribution in [3.63, 3.8) is 0 Å². The summed E-state index contributed by atoms with van der Waals surface area (Å²) < 4.78 is 5.22. The van der Waals surface area contributed by atoms with E-state index in [0.717, 1.165) is 6.42 Å². The van der Waals surface area contributed by atoms with Crippen LogP contribution in [0.25, 0.3) is 0 Å². The number of ether oxygens (including phenoxy) is 1. The second kappa shape index (κ2) is 6.48. The third kappa shape index (κ3) is 3.41. The van der Waals surface area contributed by atoms with Gasteiger partial charge in [0.15, 0.2) is 5.78 Å². The van der Waals surface area contributed by atoms with Crippen molar-refractivity contribution in [3.05, 3.63) is 35.4 Å². The normalized spacial score (nSPS) is 15.3. The molecule has 0 saturated carbocycles. The number of carbonyl (C=O) groups excluding carboxylic acids is 2. The van der Waals surface area contributed by atoms with Gasteiger partial charge in [-0.15, -0.1) is 0 Å². The predicted molar refractivity (Wildman–Crippen MR) is 72.4 cm³/mol. The summed E-state index contributed by atoms with van der Waals surface area (Å²) in [4.78, 5) is 25.7. The molecule has 0 unspecified atom stereocenters. The predicted octanol–water partition coefficient (Wildman–Crippen LogP) is 2.14. The van der Waals surface area contributed by atoms with E-state index in [0.29, 0.717) is 43.9 Å². The van der Waals surface area contributed by atoms with Crippen LogP contribution in [0.2, 0.25) is 0 Å². The molecule has 1 aromatic carbocycles. The van der Waals surface area contributed by atoms with Gasteiger partial charge in [-0.25, -0.2) is 0 Å². The van der Waals surface area contributed by atoms with Crippen LogP contribution < -0.4 is 0 Å². The molecule has 4 nitrogen and oxygen atoms in total. The van der Waals surface area contributed by atoms with Crippen molar-refractivity contribution in [2.45, 2.75) is 19.8 Å². The van der Waals surface area contributed by atoms with Crippen molar-refractivity contribution in [1.29, 1.82) is 0 Å². The molecule has 0 aromatic heterocycles. The largest absolute Gasteiger partial charge is 0.378 e. The first-order chi connectivity index (χ1) is 9.22. The summed E-state index contributed by atoms with van der Waals surface area (Å²) in [6, 6.07) is 6.96. The van der Waals surface area contributed by atoms with E-state index in [1.807, 2.05) is 6.92 Å². The van der Waals surface area contributed by atoms with Gasteiger partial charge in [-0.3, -0.25) is 9.59 Å². The zero-order valence-corrected chi connectivity index (χ0v) is 11.2. The fourth-order valence-electron chi connectivity index (χ4n) is 2.12. The number of carbonyl (C=O) groups is 2. The lowest BCUT2D eigenvalue weighted by Gasteiger charge is -2.26. The van der Waals surface area contributed by atoms with Crippen LogP contribution in [0.5, 0.6) is 0 Å². The summed E-state index contributed by atoms with van der Waals surface area (Å²) in [6.07, 6.45) is 1.39. The summed E-state index contributed by atoms with van der Waals surface area (Å²) in [5, 5.41) is 0. The number of nitrogens with zero attached hydrogens (tertiary/aromatic N) is 1. The molecule has 1 fully saturated rings. The number of rotatable bonds is 4. The highest BCUT2D eigenvalue weighted by atomic mass is 16.5. The van der Waals surface area contributed by atoms with Gasteiger partial charge in [-0.2, -0.15) is 0 Å². The van der Waals surface area contributed by atoms with E-state index in [-0.39, 0.29) is 11.7 Å². The third-order valence-electron chi connectivity index (χ3n) is 3.23. The summed E-state index contributed by atoms with van der Waals surface area (Å²) in [5.41, 5.74) is 1.32. The van der Waals surface area contributed by atoms with Gasteiger partial charge in [-0.1, -0.05) is 19.1 Å². The summed E-state index contributed by atoms with van der Waals surface area (Å²) in [7, 11) is 0. The average Bonchev–Trinajstić information content (AvgIpc) is 2.48. The average molecular weight is 261 g/mol. The number of morpholine rings is 1. The van der Waals surface area contributed by atoms with E-state index in [2.05, 4.69) is 0 Å². The standard InChI is InChI=1S/C15H19NO3/c1-2-3-14(17)12-4-6-13(7-5-12)15(18)16-8-10-19-11-9-16/h4-7H,2-3,8-11H2,1H3. The van der Waals surface area contributed by atoms with E-state index in [1.54, 1.807) is 29.2 Å². The zero-order chi connectivity index (χ0) is 13.7. The van der Waals surface area contributed by atoms with Crippen LogP contribution in [-0.2, 0) is 4.74 Å². The van der Waals surface area contributed by atoms with Gasteiger partial charge in [0.25, 0.3) is 5.91 Å². The highest BCUT2D eigenvalue weighted by molar-refractivity contribution is 5.98. The molecule has 0 radical (unpaired) electrons. The van der Waals surface area contributed by atoms with E-state index >= 15 is 0 Å². The molecule has 4 heteroatoms. The Kier molecular flexibility index (Phi) is 4.68. The van der Waals surface area contributed by atoms with Crippen LogP contribution in [0.15, 0.2) is 24.3 Å². The molecule has 19 heavy (non-hydrogen) atoms. The number of benzene rings is 1. The summed E-state index contributed by atoms with van der Waals surface area (Å²) in [5.74, 6) is 0.144. The molecule has 1 aliphatic heterocycles. The third-order valence-corrected chi connectivity index (χ3v) is 3.23. The fourth-order valence-corrected chi connectivity index (χ4v) is 2.12. The van der Waals surface area contributed by atoms with Crippen molar-refractivity contribution in [2.75, 3.05) is 26.3 Å². The van der Waals surface area contributed by atoms with Crippen molar-refractivity contribution < 1.29 is 14.3 Å². The molecule has 0 N–H and O–H groups in total. The molecule has 0 atom stereocenters. The topological polar surface area (TPSA) is 46.6 Å². The Morgan fingerprint density at radius 2 is 1.68 bits per heavy atom. The smallest absolute Gasteiger partial charge is 0.254 e. The Bertz CT molecular complexity index is 447. The molecule has 102 valence electrons. The van der Waals surface area contributed by atoms with Crippen molar-refractivity contribution in [1.82, 2.24) is 4.90 Å². The second-order valence-corrected chi connectivity index (χ2v) is 4.66. The molecule has 1 saturated heterocycles. The minimum atomic E-state index is 0.0118. The van der Waals surface area contributed by atoms with Gasteiger partial charge in [0.2, 0.25) is 0 Å². The van der Waals surface area contributed by atoms with E-state index < -0.39 is 0 Å². The maximum Gasteiger partial charge on any atom is 0.254 e. The van der Waals surface area contributed by atoms with Crippen LogP contribution >= 0.6 is 0 Å². The Balaban J connectivity index is 2.05. The number of ketones is 1. The van der Waals surface area contributed by atoms with Crippen LogP contribution in [0.4, 0.5) is 0 Å². The van der Waals surface area contributed by atoms with Gasteiger partial charge < -0.3 is 9.64 Å². The Labute approximate surface area is 113 Å². The SMILES string of the molecule is CCCC(=O)c1ccc(C(=O)N2CCOCC2)cc1. The first kappa shape index (κ1) is 13.7.